The first-order valence-electron chi connectivity index (χ1n) is 8.19. The highest BCUT2D eigenvalue weighted by atomic mass is 16.5. The van der Waals surface area contributed by atoms with Crippen LogP contribution in [0.3, 0.4) is 0 Å². The Bertz CT molecular complexity index is 259. The van der Waals surface area contributed by atoms with Crippen molar-refractivity contribution in [3.63, 3.8) is 0 Å². The van der Waals surface area contributed by atoms with Crippen LogP contribution in [0.5, 0.6) is 0 Å². The summed E-state index contributed by atoms with van der Waals surface area (Å²) in [4.78, 5) is 2.45. The van der Waals surface area contributed by atoms with Crippen LogP contribution in [0.2, 0.25) is 0 Å². The average Bonchev–Trinajstić information content (AvgIpc) is 2.87. The summed E-state index contributed by atoms with van der Waals surface area (Å²) in [6.07, 6.45) is 10.8. The summed E-state index contributed by atoms with van der Waals surface area (Å²) in [5.41, 5.74) is 0.415. The molecule has 0 spiro atoms. The predicted molar refractivity (Wildman–Crippen MR) is 80.6 cm³/mol. The summed E-state index contributed by atoms with van der Waals surface area (Å²) in [7, 11) is 4.49. The van der Waals surface area contributed by atoms with E-state index < -0.39 is 0 Å². The molecular weight excluding hydrogens is 236 g/mol. The van der Waals surface area contributed by atoms with E-state index in [1.165, 1.54) is 51.4 Å². The minimum absolute atomic E-state index is 0.415. The van der Waals surface area contributed by atoms with Gasteiger partial charge in [0.25, 0.3) is 0 Å². The molecular formula is C16H32N2O. The molecule has 1 N–H and O–H groups in total. The van der Waals surface area contributed by atoms with Gasteiger partial charge in [-0.15, -0.1) is 0 Å². The summed E-state index contributed by atoms with van der Waals surface area (Å²) in [5, 5.41) is 3.85. The van der Waals surface area contributed by atoms with Gasteiger partial charge in [0, 0.05) is 24.7 Å². The summed E-state index contributed by atoms with van der Waals surface area (Å²) in [5.74, 6) is 0. The number of likely N-dealkylation sites (N-methyl/N-ethyl adjacent to an activating group) is 1. The molecule has 3 heteroatoms. The van der Waals surface area contributed by atoms with E-state index in [-0.39, 0.29) is 0 Å². The van der Waals surface area contributed by atoms with Crippen molar-refractivity contribution < 1.29 is 4.74 Å². The molecule has 1 aliphatic heterocycles. The summed E-state index contributed by atoms with van der Waals surface area (Å²) in [6, 6.07) is 0.669. The van der Waals surface area contributed by atoms with Crippen molar-refractivity contribution in [2.45, 2.75) is 76.0 Å². The second-order valence-corrected chi connectivity index (χ2v) is 6.71. The summed E-state index contributed by atoms with van der Waals surface area (Å²) < 4.78 is 5.84. The second-order valence-electron chi connectivity index (χ2n) is 6.71. The van der Waals surface area contributed by atoms with Crippen LogP contribution in [-0.4, -0.2) is 49.8 Å². The first kappa shape index (κ1) is 15.3. The lowest BCUT2D eigenvalue weighted by Gasteiger charge is -2.39. The van der Waals surface area contributed by atoms with E-state index in [9.17, 15) is 0 Å². The molecule has 1 saturated carbocycles. The molecule has 3 nitrogen and oxygen atoms in total. The van der Waals surface area contributed by atoms with Crippen molar-refractivity contribution in [1.82, 2.24) is 10.2 Å². The standard InChI is InChI=1S/C16H32N2O/c1-4-7-15-12-14(8-11-19-15)17-13-16(18(2)3)9-5-6-10-16/h14-15,17H,4-13H2,1-3H3. The second kappa shape index (κ2) is 7.05. The van der Waals surface area contributed by atoms with Gasteiger partial charge in [-0.05, 0) is 46.2 Å². The van der Waals surface area contributed by atoms with E-state index in [0.717, 1.165) is 13.2 Å². The normalized spacial score (nSPS) is 30.9. The van der Waals surface area contributed by atoms with E-state index in [2.05, 4.69) is 31.2 Å². The maximum Gasteiger partial charge on any atom is 0.0589 e. The van der Waals surface area contributed by atoms with Gasteiger partial charge in [-0.3, -0.25) is 0 Å². The number of hydrogen-bond donors (Lipinski definition) is 1. The van der Waals surface area contributed by atoms with Crippen molar-refractivity contribution in [2.24, 2.45) is 0 Å². The monoisotopic (exact) mass is 268 g/mol. The molecule has 0 radical (unpaired) electrons. The Morgan fingerprint density at radius 2 is 2.00 bits per heavy atom. The third kappa shape index (κ3) is 3.93. The molecule has 0 aromatic heterocycles. The highest BCUT2D eigenvalue weighted by molar-refractivity contribution is 4.95. The number of ether oxygens (including phenoxy) is 1. The summed E-state index contributed by atoms with van der Waals surface area (Å²) in [6.45, 7) is 4.35. The zero-order chi connectivity index (χ0) is 13.7. The molecule has 1 heterocycles. The maximum atomic E-state index is 5.84. The highest BCUT2D eigenvalue weighted by Gasteiger charge is 2.36. The number of rotatable bonds is 6. The maximum absolute atomic E-state index is 5.84. The molecule has 19 heavy (non-hydrogen) atoms. The van der Waals surface area contributed by atoms with Crippen LogP contribution in [0.25, 0.3) is 0 Å². The molecule has 0 bridgehead atoms. The third-order valence-corrected chi connectivity index (χ3v) is 5.18. The molecule has 2 unspecified atom stereocenters. The van der Waals surface area contributed by atoms with E-state index in [4.69, 9.17) is 4.74 Å². The van der Waals surface area contributed by atoms with E-state index >= 15 is 0 Å². The molecule has 0 aromatic carbocycles. The Kier molecular flexibility index (Phi) is 5.67. The Hall–Kier alpha value is -0.120. The fourth-order valence-corrected chi connectivity index (χ4v) is 3.74. The van der Waals surface area contributed by atoms with Crippen molar-refractivity contribution in [1.29, 1.82) is 0 Å². The number of hydrogen-bond acceptors (Lipinski definition) is 3. The fourth-order valence-electron chi connectivity index (χ4n) is 3.74. The SMILES string of the molecule is CCCC1CC(NCC2(N(C)C)CCCC2)CCO1. The first-order valence-corrected chi connectivity index (χ1v) is 8.19. The zero-order valence-corrected chi connectivity index (χ0v) is 13.1. The Morgan fingerprint density at radius 1 is 1.26 bits per heavy atom. The van der Waals surface area contributed by atoms with Gasteiger partial charge in [0.15, 0.2) is 0 Å². The van der Waals surface area contributed by atoms with Gasteiger partial charge in [-0.25, -0.2) is 0 Å². The topological polar surface area (TPSA) is 24.5 Å². The lowest BCUT2D eigenvalue weighted by Crippen LogP contribution is -2.53. The smallest absolute Gasteiger partial charge is 0.0589 e. The average molecular weight is 268 g/mol. The van der Waals surface area contributed by atoms with Gasteiger partial charge >= 0.3 is 0 Å². The van der Waals surface area contributed by atoms with Gasteiger partial charge in [0.1, 0.15) is 0 Å². The van der Waals surface area contributed by atoms with E-state index in [0.29, 0.717) is 17.7 Å². The quantitative estimate of drug-likeness (QED) is 0.801. The van der Waals surface area contributed by atoms with Gasteiger partial charge in [-0.2, -0.15) is 0 Å². The van der Waals surface area contributed by atoms with Gasteiger partial charge in [0.2, 0.25) is 0 Å². The van der Waals surface area contributed by atoms with E-state index in [1.54, 1.807) is 0 Å². The number of nitrogens with one attached hydrogen (secondary N) is 1. The van der Waals surface area contributed by atoms with Gasteiger partial charge in [0.05, 0.1) is 6.10 Å². The molecule has 1 aliphatic carbocycles. The minimum atomic E-state index is 0.415. The van der Waals surface area contributed by atoms with Gasteiger partial charge in [-0.1, -0.05) is 26.2 Å². The van der Waals surface area contributed by atoms with Crippen LogP contribution in [0, 0.1) is 0 Å². The molecule has 1 saturated heterocycles. The molecule has 2 aliphatic rings. The Balaban J connectivity index is 1.80. The lowest BCUT2D eigenvalue weighted by atomic mass is 9.94. The minimum Gasteiger partial charge on any atom is -0.378 e. The lowest BCUT2D eigenvalue weighted by molar-refractivity contribution is -0.00574. The zero-order valence-electron chi connectivity index (χ0n) is 13.1. The molecule has 2 fully saturated rings. The van der Waals surface area contributed by atoms with Crippen LogP contribution in [-0.2, 0) is 4.74 Å². The molecule has 2 atom stereocenters. The van der Waals surface area contributed by atoms with Crippen molar-refractivity contribution in [3.8, 4) is 0 Å². The highest BCUT2D eigenvalue weighted by Crippen LogP contribution is 2.33. The first-order chi connectivity index (χ1) is 9.16. The summed E-state index contributed by atoms with van der Waals surface area (Å²) >= 11 is 0. The largest absolute Gasteiger partial charge is 0.378 e. The fraction of sp³-hybridized carbons (Fsp3) is 1.00. The van der Waals surface area contributed by atoms with Crippen LogP contribution >= 0.6 is 0 Å². The molecule has 0 aromatic rings. The van der Waals surface area contributed by atoms with Crippen LogP contribution in [0.1, 0.15) is 58.3 Å². The van der Waals surface area contributed by atoms with Crippen molar-refractivity contribution >= 4 is 0 Å². The van der Waals surface area contributed by atoms with Crippen LogP contribution < -0.4 is 5.32 Å². The third-order valence-electron chi connectivity index (χ3n) is 5.18. The number of nitrogens with zero attached hydrogens (tertiary/aromatic N) is 1. The van der Waals surface area contributed by atoms with Gasteiger partial charge < -0.3 is 15.0 Å². The van der Waals surface area contributed by atoms with Crippen molar-refractivity contribution in [2.75, 3.05) is 27.2 Å². The predicted octanol–water partition coefficient (Wildman–Crippen LogP) is 2.80. The van der Waals surface area contributed by atoms with Crippen LogP contribution in [0.4, 0.5) is 0 Å². The Morgan fingerprint density at radius 3 is 2.63 bits per heavy atom. The van der Waals surface area contributed by atoms with Crippen LogP contribution in [0.15, 0.2) is 0 Å². The molecule has 112 valence electrons. The Labute approximate surface area is 119 Å². The van der Waals surface area contributed by atoms with Crippen molar-refractivity contribution in [3.05, 3.63) is 0 Å². The molecule has 0 amide bonds. The van der Waals surface area contributed by atoms with E-state index in [1.807, 2.05) is 0 Å². The molecule has 2 rings (SSSR count).